The van der Waals surface area contributed by atoms with Gasteiger partial charge in [0.05, 0.1) is 0 Å². The fourth-order valence-corrected chi connectivity index (χ4v) is 2.40. The molecule has 0 saturated heterocycles. The van der Waals surface area contributed by atoms with Crippen LogP contribution in [0.4, 0.5) is 5.69 Å². The summed E-state index contributed by atoms with van der Waals surface area (Å²) >= 11 is 5.29. The number of hydrogen-bond acceptors (Lipinski definition) is 1. The van der Waals surface area contributed by atoms with Crippen LogP contribution in [0.3, 0.4) is 0 Å². The average molecular weight is 292 g/mol. The lowest BCUT2D eigenvalue weighted by Crippen LogP contribution is -2.29. The van der Waals surface area contributed by atoms with E-state index in [1.54, 1.807) is 0 Å². The van der Waals surface area contributed by atoms with E-state index in [4.69, 9.17) is 12.2 Å². The van der Waals surface area contributed by atoms with E-state index in [1.807, 2.05) is 12.1 Å². The predicted octanol–water partition coefficient (Wildman–Crippen LogP) is 5.03. The Bertz CT molecular complexity index is 390. The molecule has 0 aromatic heterocycles. The fraction of sp³-hybridized carbons (Fsp3) is 0.588. The van der Waals surface area contributed by atoms with Gasteiger partial charge in [0.25, 0.3) is 0 Å². The van der Waals surface area contributed by atoms with Gasteiger partial charge in [-0.2, -0.15) is 0 Å². The molecular weight excluding hydrogens is 264 g/mol. The highest BCUT2D eigenvalue weighted by Gasteiger charge is 1.97. The normalized spacial score (nSPS) is 10.3. The first kappa shape index (κ1) is 17.0. The van der Waals surface area contributed by atoms with Crippen LogP contribution in [0.25, 0.3) is 0 Å². The van der Waals surface area contributed by atoms with Gasteiger partial charge in [0.2, 0.25) is 0 Å². The number of unbranched alkanes of at least 4 members (excludes halogenated alkanes) is 6. The molecule has 0 spiro atoms. The number of rotatable bonds is 9. The van der Waals surface area contributed by atoms with Crippen LogP contribution in [0.5, 0.6) is 0 Å². The zero-order chi connectivity index (χ0) is 14.6. The van der Waals surface area contributed by atoms with Gasteiger partial charge in [0, 0.05) is 12.2 Å². The number of nitrogens with one attached hydrogen (secondary N) is 2. The second-order valence-electron chi connectivity index (χ2n) is 5.37. The molecule has 0 unspecified atom stereocenters. The van der Waals surface area contributed by atoms with Crippen molar-refractivity contribution in [2.75, 3.05) is 11.9 Å². The Morgan fingerprint density at radius 1 is 1.05 bits per heavy atom. The SMILES string of the molecule is CCCCCCCCCNC(=S)Nc1cccc(C)c1. The van der Waals surface area contributed by atoms with Crippen molar-refractivity contribution >= 4 is 23.0 Å². The number of hydrogen-bond donors (Lipinski definition) is 2. The largest absolute Gasteiger partial charge is 0.362 e. The molecule has 0 amide bonds. The van der Waals surface area contributed by atoms with E-state index in [-0.39, 0.29) is 0 Å². The number of aryl methyl sites for hydroxylation is 1. The van der Waals surface area contributed by atoms with Gasteiger partial charge in [-0.15, -0.1) is 0 Å². The maximum atomic E-state index is 5.29. The first-order valence-corrected chi connectivity index (χ1v) is 8.24. The molecule has 0 heterocycles. The summed E-state index contributed by atoms with van der Waals surface area (Å²) in [4.78, 5) is 0. The van der Waals surface area contributed by atoms with Gasteiger partial charge in [-0.05, 0) is 43.3 Å². The first-order chi connectivity index (χ1) is 9.72. The van der Waals surface area contributed by atoms with Crippen molar-refractivity contribution in [1.82, 2.24) is 5.32 Å². The molecule has 0 bridgehead atoms. The summed E-state index contributed by atoms with van der Waals surface area (Å²) in [6, 6.07) is 8.26. The van der Waals surface area contributed by atoms with Gasteiger partial charge < -0.3 is 10.6 Å². The van der Waals surface area contributed by atoms with Crippen LogP contribution in [0.15, 0.2) is 24.3 Å². The predicted molar refractivity (Wildman–Crippen MR) is 93.4 cm³/mol. The van der Waals surface area contributed by atoms with Crippen LogP contribution in [0, 0.1) is 6.92 Å². The minimum Gasteiger partial charge on any atom is -0.362 e. The van der Waals surface area contributed by atoms with E-state index in [0.29, 0.717) is 0 Å². The molecule has 0 aliphatic heterocycles. The van der Waals surface area contributed by atoms with E-state index in [2.05, 4.69) is 36.6 Å². The molecule has 112 valence electrons. The molecule has 3 heteroatoms. The van der Waals surface area contributed by atoms with Gasteiger partial charge in [-0.25, -0.2) is 0 Å². The Kier molecular flexibility index (Phi) is 9.05. The summed E-state index contributed by atoms with van der Waals surface area (Å²) in [5, 5.41) is 7.22. The summed E-state index contributed by atoms with van der Waals surface area (Å²) in [6.45, 7) is 5.30. The average Bonchev–Trinajstić information content (AvgIpc) is 2.42. The lowest BCUT2D eigenvalue weighted by Gasteiger charge is -2.10. The van der Waals surface area contributed by atoms with E-state index in [9.17, 15) is 0 Å². The second kappa shape index (κ2) is 10.7. The summed E-state index contributed by atoms with van der Waals surface area (Å²) < 4.78 is 0. The van der Waals surface area contributed by atoms with Crippen LogP contribution >= 0.6 is 12.2 Å². The van der Waals surface area contributed by atoms with E-state index in [1.165, 1.54) is 50.5 Å². The summed E-state index contributed by atoms with van der Waals surface area (Å²) in [5.74, 6) is 0. The van der Waals surface area contributed by atoms with Crippen molar-refractivity contribution in [3.05, 3.63) is 29.8 Å². The molecule has 0 radical (unpaired) electrons. The van der Waals surface area contributed by atoms with Crippen molar-refractivity contribution in [3.8, 4) is 0 Å². The summed E-state index contributed by atoms with van der Waals surface area (Å²) in [6.07, 6.45) is 9.30. The number of anilines is 1. The van der Waals surface area contributed by atoms with Gasteiger partial charge >= 0.3 is 0 Å². The number of benzene rings is 1. The highest BCUT2D eigenvalue weighted by Crippen LogP contribution is 2.09. The Morgan fingerprint density at radius 3 is 2.45 bits per heavy atom. The van der Waals surface area contributed by atoms with E-state index in [0.717, 1.165) is 17.3 Å². The Labute approximate surface area is 129 Å². The molecule has 1 rings (SSSR count). The summed E-state index contributed by atoms with van der Waals surface area (Å²) in [5.41, 5.74) is 2.30. The zero-order valence-corrected chi connectivity index (χ0v) is 13.7. The molecule has 0 aliphatic rings. The Hall–Kier alpha value is -1.09. The molecule has 1 aromatic carbocycles. The van der Waals surface area contributed by atoms with Gasteiger partial charge in [-0.3, -0.25) is 0 Å². The minimum atomic E-state index is 0.724. The minimum absolute atomic E-state index is 0.724. The molecular formula is C17H28N2S. The van der Waals surface area contributed by atoms with Gasteiger partial charge in [0.1, 0.15) is 0 Å². The van der Waals surface area contributed by atoms with Gasteiger partial charge in [0.15, 0.2) is 5.11 Å². The molecule has 0 fully saturated rings. The third-order valence-electron chi connectivity index (χ3n) is 3.34. The van der Waals surface area contributed by atoms with Gasteiger partial charge in [-0.1, -0.05) is 57.6 Å². The maximum absolute atomic E-state index is 5.29. The monoisotopic (exact) mass is 292 g/mol. The quantitative estimate of drug-likeness (QED) is 0.493. The Balaban J connectivity index is 2.03. The lowest BCUT2D eigenvalue weighted by atomic mass is 10.1. The van der Waals surface area contributed by atoms with Crippen molar-refractivity contribution in [1.29, 1.82) is 0 Å². The molecule has 0 atom stereocenters. The Morgan fingerprint density at radius 2 is 1.75 bits per heavy atom. The smallest absolute Gasteiger partial charge is 0.170 e. The van der Waals surface area contributed by atoms with Crippen molar-refractivity contribution in [3.63, 3.8) is 0 Å². The molecule has 0 saturated carbocycles. The molecule has 2 N–H and O–H groups in total. The first-order valence-electron chi connectivity index (χ1n) is 7.84. The van der Waals surface area contributed by atoms with Crippen molar-refractivity contribution in [2.24, 2.45) is 0 Å². The summed E-state index contributed by atoms with van der Waals surface area (Å²) in [7, 11) is 0. The number of thiocarbonyl (C=S) groups is 1. The molecule has 2 nitrogen and oxygen atoms in total. The second-order valence-corrected chi connectivity index (χ2v) is 5.78. The zero-order valence-electron chi connectivity index (χ0n) is 12.9. The maximum Gasteiger partial charge on any atom is 0.170 e. The van der Waals surface area contributed by atoms with Crippen LogP contribution in [0.2, 0.25) is 0 Å². The molecule has 20 heavy (non-hydrogen) atoms. The standard InChI is InChI=1S/C17H28N2S/c1-3-4-5-6-7-8-9-13-18-17(20)19-16-12-10-11-15(2)14-16/h10-12,14H,3-9,13H2,1-2H3,(H2,18,19,20). The molecule has 0 aliphatic carbocycles. The third kappa shape index (κ3) is 8.16. The van der Waals surface area contributed by atoms with E-state index >= 15 is 0 Å². The van der Waals surface area contributed by atoms with Crippen LogP contribution in [-0.4, -0.2) is 11.7 Å². The third-order valence-corrected chi connectivity index (χ3v) is 3.59. The fourth-order valence-electron chi connectivity index (χ4n) is 2.18. The van der Waals surface area contributed by atoms with Crippen molar-refractivity contribution < 1.29 is 0 Å². The van der Waals surface area contributed by atoms with E-state index < -0.39 is 0 Å². The topological polar surface area (TPSA) is 24.1 Å². The van der Waals surface area contributed by atoms with Crippen LogP contribution in [-0.2, 0) is 0 Å². The van der Waals surface area contributed by atoms with Crippen LogP contribution < -0.4 is 10.6 Å². The van der Waals surface area contributed by atoms with Crippen LogP contribution in [0.1, 0.15) is 57.4 Å². The highest BCUT2D eigenvalue weighted by atomic mass is 32.1. The highest BCUT2D eigenvalue weighted by molar-refractivity contribution is 7.80. The lowest BCUT2D eigenvalue weighted by molar-refractivity contribution is 0.586. The van der Waals surface area contributed by atoms with Crippen molar-refractivity contribution in [2.45, 2.75) is 58.8 Å². The molecule has 1 aromatic rings.